The van der Waals surface area contributed by atoms with Crippen LogP contribution >= 0.6 is 0 Å². The van der Waals surface area contributed by atoms with Gasteiger partial charge in [0.15, 0.2) is 0 Å². The van der Waals surface area contributed by atoms with Gasteiger partial charge in [0.25, 0.3) is 0 Å². The lowest BCUT2D eigenvalue weighted by atomic mass is 10.1. The predicted octanol–water partition coefficient (Wildman–Crippen LogP) is 2.02. The van der Waals surface area contributed by atoms with Crippen LogP contribution < -0.4 is 0 Å². The minimum Gasteiger partial charge on any atom is -0.361 e. The van der Waals surface area contributed by atoms with E-state index in [1.165, 1.54) is 16.5 Å². The number of nitrogens with one attached hydrogen (secondary N) is 1. The van der Waals surface area contributed by atoms with E-state index in [4.69, 9.17) is 0 Å². The Morgan fingerprint density at radius 3 is 2.83 bits per heavy atom. The van der Waals surface area contributed by atoms with E-state index >= 15 is 0 Å². The summed E-state index contributed by atoms with van der Waals surface area (Å²) in [7, 11) is 1.39. The minimum absolute atomic E-state index is 0.697. The van der Waals surface area contributed by atoms with Gasteiger partial charge in [-0.3, -0.25) is 4.21 Å². The second-order valence-electron chi connectivity index (χ2n) is 4.69. The van der Waals surface area contributed by atoms with Crippen LogP contribution in [0.3, 0.4) is 0 Å². The van der Waals surface area contributed by atoms with Crippen molar-refractivity contribution in [3.8, 4) is 0 Å². The lowest BCUT2D eigenvalue weighted by molar-refractivity contribution is 0.360. The molecule has 0 amide bonds. The van der Waals surface area contributed by atoms with Gasteiger partial charge in [0.2, 0.25) is 0 Å². The molecule has 1 aromatic carbocycles. The number of hydrogen-bond donors (Lipinski definition) is 1. The molecule has 0 aliphatic rings. The predicted molar refractivity (Wildman–Crippen MR) is 78.4 cm³/mol. The monoisotopic (exact) mass is 264 g/mol. The molecule has 0 fully saturated rings. The molecule has 1 atom stereocenters. The molecule has 0 aliphatic heterocycles. The molecule has 0 radical (unpaired) electrons. The normalized spacial score (nSPS) is 13.3. The van der Waals surface area contributed by atoms with Gasteiger partial charge in [-0.1, -0.05) is 18.2 Å². The van der Waals surface area contributed by atoms with Gasteiger partial charge in [-0.25, -0.2) is 0 Å². The number of aromatic nitrogens is 1. The highest BCUT2D eigenvalue weighted by Gasteiger charge is 2.05. The number of nitrogens with zero attached hydrogens (tertiary/aromatic N) is 1. The van der Waals surface area contributed by atoms with E-state index < -0.39 is 10.8 Å². The standard InChI is InChI=1S/C14H20N2OS/c1-16(9-10-18(2)17)8-7-12-11-15-14-6-4-3-5-13(12)14/h3-6,11,15H,7-10H2,1-2H3/t18-/m1/s1. The number of H-pyrrole nitrogens is 1. The number of fused-ring (bicyclic) bond motifs is 1. The highest BCUT2D eigenvalue weighted by atomic mass is 32.2. The number of hydrogen-bond acceptors (Lipinski definition) is 2. The Labute approximate surface area is 111 Å². The summed E-state index contributed by atoms with van der Waals surface area (Å²) < 4.78 is 11.0. The van der Waals surface area contributed by atoms with Gasteiger partial charge in [-0.15, -0.1) is 0 Å². The van der Waals surface area contributed by atoms with Gasteiger partial charge in [-0.05, 0) is 25.1 Å². The van der Waals surface area contributed by atoms with E-state index in [2.05, 4.69) is 41.3 Å². The molecule has 0 aliphatic carbocycles. The van der Waals surface area contributed by atoms with Crippen molar-refractivity contribution in [1.29, 1.82) is 0 Å². The topological polar surface area (TPSA) is 36.1 Å². The molecular weight excluding hydrogens is 244 g/mol. The summed E-state index contributed by atoms with van der Waals surface area (Å²) in [4.78, 5) is 5.53. The first-order valence-electron chi connectivity index (χ1n) is 6.20. The zero-order chi connectivity index (χ0) is 13.0. The average Bonchev–Trinajstić information content (AvgIpc) is 2.77. The highest BCUT2D eigenvalue weighted by Crippen LogP contribution is 2.18. The van der Waals surface area contributed by atoms with Crippen LogP contribution in [0.4, 0.5) is 0 Å². The largest absolute Gasteiger partial charge is 0.361 e. The molecular formula is C14H20N2OS. The number of benzene rings is 1. The number of aromatic amines is 1. The van der Waals surface area contributed by atoms with Gasteiger partial charge < -0.3 is 9.88 Å². The van der Waals surface area contributed by atoms with E-state index in [9.17, 15) is 4.21 Å². The van der Waals surface area contributed by atoms with E-state index in [0.717, 1.165) is 25.3 Å². The quantitative estimate of drug-likeness (QED) is 0.866. The Hall–Kier alpha value is -1.13. The van der Waals surface area contributed by atoms with E-state index in [1.54, 1.807) is 6.26 Å². The van der Waals surface area contributed by atoms with Crippen molar-refractivity contribution in [3.63, 3.8) is 0 Å². The maximum absolute atomic E-state index is 11.0. The second-order valence-corrected chi connectivity index (χ2v) is 6.24. The molecule has 4 heteroatoms. The molecule has 0 saturated heterocycles. The Kier molecular flexibility index (Phi) is 4.55. The van der Waals surface area contributed by atoms with Gasteiger partial charge in [0, 0.05) is 53.0 Å². The van der Waals surface area contributed by atoms with Crippen molar-refractivity contribution in [2.24, 2.45) is 0 Å². The number of likely N-dealkylation sites (N-methyl/N-ethyl adjacent to an activating group) is 1. The Balaban J connectivity index is 1.92. The molecule has 0 bridgehead atoms. The van der Waals surface area contributed by atoms with Crippen LogP contribution in [0.2, 0.25) is 0 Å². The maximum atomic E-state index is 11.0. The second kappa shape index (κ2) is 6.16. The molecule has 0 saturated carbocycles. The number of para-hydroxylation sites is 1. The van der Waals surface area contributed by atoms with Gasteiger partial charge in [0.1, 0.15) is 0 Å². The van der Waals surface area contributed by atoms with E-state index in [1.807, 2.05) is 6.07 Å². The maximum Gasteiger partial charge on any atom is 0.0456 e. The fourth-order valence-corrected chi connectivity index (χ4v) is 2.61. The lowest BCUT2D eigenvalue weighted by Gasteiger charge is -2.15. The van der Waals surface area contributed by atoms with Crippen LogP contribution in [0.1, 0.15) is 5.56 Å². The molecule has 18 heavy (non-hydrogen) atoms. The van der Waals surface area contributed by atoms with Crippen LogP contribution in [0.15, 0.2) is 30.5 Å². The number of rotatable bonds is 6. The smallest absolute Gasteiger partial charge is 0.0456 e. The molecule has 1 aromatic heterocycles. The summed E-state index contributed by atoms with van der Waals surface area (Å²) in [6.45, 7) is 1.89. The fourth-order valence-electron chi connectivity index (χ4n) is 2.05. The van der Waals surface area contributed by atoms with Crippen molar-refractivity contribution in [1.82, 2.24) is 9.88 Å². The van der Waals surface area contributed by atoms with Gasteiger partial charge >= 0.3 is 0 Å². The first-order valence-corrected chi connectivity index (χ1v) is 7.93. The van der Waals surface area contributed by atoms with Crippen LogP contribution in [0.25, 0.3) is 10.9 Å². The fraction of sp³-hybridized carbons (Fsp3) is 0.429. The van der Waals surface area contributed by atoms with Crippen LogP contribution in [-0.2, 0) is 17.2 Å². The first kappa shape index (κ1) is 13.3. The van der Waals surface area contributed by atoms with Gasteiger partial charge in [0.05, 0.1) is 0 Å². The Morgan fingerprint density at radius 2 is 2.06 bits per heavy atom. The third-order valence-corrected chi connectivity index (χ3v) is 3.96. The molecule has 3 nitrogen and oxygen atoms in total. The summed E-state index contributed by atoms with van der Waals surface area (Å²) in [5, 5.41) is 1.31. The van der Waals surface area contributed by atoms with Gasteiger partial charge in [-0.2, -0.15) is 0 Å². The molecule has 0 unspecified atom stereocenters. The molecule has 2 rings (SSSR count). The minimum atomic E-state index is -0.697. The zero-order valence-corrected chi connectivity index (χ0v) is 11.8. The summed E-state index contributed by atoms with van der Waals surface area (Å²) in [6.07, 6.45) is 4.88. The molecule has 1 N–H and O–H groups in total. The van der Waals surface area contributed by atoms with Crippen molar-refractivity contribution in [2.45, 2.75) is 6.42 Å². The van der Waals surface area contributed by atoms with E-state index in [-0.39, 0.29) is 0 Å². The lowest BCUT2D eigenvalue weighted by Crippen LogP contribution is -2.25. The van der Waals surface area contributed by atoms with Crippen molar-refractivity contribution in [2.75, 3.05) is 32.1 Å². The molecule has 0 spiro atoms. The SMILES string of the molecule is CN(CCc1c[nH]c2ccccc12)CC[S@@](C)=O. The summed E-state index contributed by atoms with van der Waals surface area (Å²) >= 11 is 0. The van der Waals surface area contributed by atoms with Crippen molar-refractivity contribution in [3.05, 3.63) is 36.0 Å². The Morgan fingerprint density at radius 1 is 1.28 bits per heavy atom. The van der Waals surface area contributed by atoms with E-state index in [0.29, 0.717) is 0 Å². The van der Waals surface area contributed by atoms with Crippen molar-refractivity contribution < 1.29 is 4.21 Å². The highest BCUT2D eigenvalue weighted by molar-refractivity contribution is 7.84. The van der Waals surface area contributed by atoms with Crippen molar-refractivity contribution >= 4 is 21.7 Å². The third-order valence-electron chi connectivity index (χ3n) is 3.20. The van der Waals surface area contributed by atoms with Crippen LogP contribution in [0, 0.1) is 0 Å². The molecule has 1 heterocycles. The van der Waals surface area contributed by atoms with Crippen LogP contribution in [-0.4, -0.2) is 46.2 Å². The zero-order valence-electron chi connectivity index (χ0n) is 11.0. The van der Waals surface area contributed by atoms with Crippen LogP contribution in [0.5, 0.6) is 0 Å². The summed E-state index contributed by atoms with van der Waals surface area (Å²) in [5.41, 5.74) is 2.56. The summed E-state index contributed by atoms with van der Waals surface area (Å²) in [6, 6.07) is 8.37. The third kappa shape index (κ3) is 3.43. The summed E-state index contributed by atoms with van der Waals surface area (Å²) in [5.74, 6) is 0.754. The average molecular weight is 264 g/mol. The first-order chi connectivity index (χ1) is 8.66. The Bertz CT molecular complexity index is 535. The molecule has 98 valence electrons. The molecule has 2 aromatic rings.